The van der Waals surface area contributed by atoms with Crippen LogP contribution >= 0.6 is 28.1 Å². The van der Waals surface area contributed by atoms with E-state index in [1.165, 1.54) is 11.8 Å². The lowest BCUT2D eigenvalue weighted by molar-refractivity contribution is 0.474. The summed E-state index contributed by atoms with van der Waals surface area (Å²) < 4.78 is 0.863. The van der Waals surface area contributed by atoms with Crippen molar-refractivity contribution in [2.75, 3.05) is 5.32 Å². The number of halogens is 1. The summed E-state index contributed by atoms with van der Waals surface area (Å²) in [5, 5.41) is 17.1. The number of phenolic OH excluding ortho intramolecular Hbond substituents is 1. The van der Waals surface area contributed by atoms with Gasteiger partial charge in [0, 0.05) is 15.7 Å². The average molecular weight is 364 g/mol. The van der Waals surface area contributed by atoms with Gasteiger partial charge < -0.3 is 10.4 Å². The van der Waals surface area contributed by atoms with Crippen LogP contribution in [0.2, 0.25) is 0 Å². The van der Waals surface area contributed by atoms with Crippen LogP contribution in [0, 0.1) is 6.92 Å². The molecular weight excluding hydrogens is 350 g/mol. The van der Waals surface area contributed by atoms with Crippen molar-refractivity contribution in [1.82, 2.24) is 5.43 Å². The first-order chi connectivity index (χ1) is 10.0. The molecule has 4 nitrogen and oxygen atoms in total. The van der Waals surface area contributed by atoms with E-state index in [1.807, 2.05) is 31.2 Å². The van der Waals surface area contributed by atoms with E-state index >= 15 is 0 Å². The summed E-state index contributed by atoms with van der Waals surface area (Å²) >= 11 is 8.47. The lowest BCUT2D eigenvalue weighted by Gasteiger charge is -2.07. The molecule has 0 heterocycles. The van der Waals surface area contributed by atoms with Crippen LogP contribution in [0.15, 0.2) is 52.0 Å². The van der Waals surface area contributed by atoms with Gasteiger partial charge in [-0.2, -0.15) is 5.10 Å². The molecule has 0 bridgehead atoms. The van der Waals surface area contributed by atoms with Gasteiger partial charge in [-0.1, -0.05) is 33.6 Å². The number of hydrogen-bond donors (Lipinski definition) is 3. The second kappa shape index (κ2) is 7.19. The third-order valence-corrected chi connectivity index (χ3v) is 3.36. The Bertz CT molecular complexity index is 671. The molecule has 108 valence electrons. The minimum Gasteiger partial charge on any atom is -0.507 e. The number of aromatic hydroxyl groups is 1. The quantitative estimate of drug-likeness (QED) is 0.441. The minimum absolute atomic E-state index is 0.154. The van der Waals surface area contributed by atoms with Crippen LogP contribution in [0.3, 0.4) is 0 Å². The summed E-state index contributed by atoms with van der Waals surface area (Å²) in [6.07, 6.45) is 1.50. The number of benzene rings is 2. The smallest absolute Gasteiger partial charge is 0.191 e. The molecule has 2 aromatic rings. The predicted octanol–water partition coefficient (Wildman–Crippen LogP) is 3.78. The Kier molecular flexibility index (Phi) is 5.30. The van der Waals surface area contributed by atoms with Crippen molar-refractivity contribution in [1.29, 1.82) is 0 Å². The van der Waals surface area contributed by atoms with Crippen LogP contribution in [0.5, 0.6) is 5.75 Å². The third kappa shape index (κ3) is 4.84. The Morgan fingerprint density at radius 1 is 1.24 bits per heavy atom. The SMILES string of the molecule is Cc1ccc(NC(=S)NN=Cc2cc(Br)ccc2O)cc1. The van der Waals surface area contributed by atoms with E-state index in [2.05, 4.69) is 31.8 Å². The summed E-state index contributed by atoms with van der Waals surface area (Å²) in [6.45, 7) is 2.02. The number of nitrogens with zero attached hydrogens (tertiary/aromatic N) is 1. The zero-order valence-corrected chi connectivity index (χ0v) is 13.7. The molecule has 6 heteroatoms. The summed E-state index contributed by atoms with van der Waals surface area (Å²) in [6, 6.07) is 13.0. The van der Waals surface area contributed by atoms with Crippen molar-refractivity contribution in [2.24, 2.45) is 5.10 Å². The number of nitrogens with one attached hydrogen (secondary N) is 2. The van der Waals surface area contributed by atoms with E-state index in [0.717, 1.165) is 10.2 Å². The van der Waals surface area contributed by atoms with Crippen molar-refractivity contribution < 1.29 is 5.11 Å². The summed E-state index contributed by atoms with van der Waals surface area (Å²) in [5.74, 6) is 0.154. The topological polar surface area (TPSA) is 56.7 Å². The number of anilines is 1. The summed E-state index contributed by atoms with van der Waals surface area (Å²) in [5.41, 5.74) is 5.37. The van der Waals surface area contributed by atoms with E-state index in [4.69, 9.17) is 12.2 Å². The highest BCUT2D eigenvalue weighted by molar-refractivity contribution is 9.10. The van der Waals surface area contributed by atoms with E-state index in [9.17, 15) is 5.11 Å². The minimum atomic E-state index is 0.154. The maximum Gasteiger partial charge on any atom is 0.191 e. The van der Waals surface area contributed by atoms with E-state index in [1.54, 1.807) is 18.2 Å². The van der Waals surface area contributed by atoms with Gasteiger partial charge in [0.1, 0.15) is 5.75 Å². The van der Waals surface area contributed by atoms with Gasteiger partial charge in [-0.15, -0.1) is 0 Å². The molecular formula is C15H14BrN3OS. The van der Waals surface area contributed by atoms with Crippen molar-refractivity contribution in [3.8, 4) is 5.75 Å². The highest BCUT2D eigenvalue weighted by Gasteiger charge is 1.99. The zero-order chi connectivity index (χ0) is 15.2. The Hall–Kier alpha value is -1.92. The van der Waals surface area contributed by atoms with Gasteiger partial charge in [-0.3, -0.25) is 5.43 Å². The van der Waals surface area contributed by atoms with Crippen LogP contribution < -0.4 is 10.7 Å². The fraction of sp³-hybridized carbons (Fsp3) is 0.0667. The number of hydrazone groups is 1. The highest BCUT2D eigenvalue weighted by Crippen LogP contribution is 2.19. The van der Waals surface area contributed by atoms with Crippen molar-refractivity contribution in [3.05, 3.63) is 58.1 Å². The second-order valence-electron chi connectivity index (χ2n) is 4.39. The van der Waals surface area contributed by atoms with Crippen LogP contribution in [0.1, 0.15) is 11.1 Å². The standard InChI is InChI=1S/C15H14BrN3OS/c1-10-2-5-13(6-3-10)18-15(21)19-17-9-11-8-12(16)4-7-14(11)20/h2-9,20H,1H3,(H2,18,19,21). The molecule has 0 spiro atoms. The average Bonchev–Trinajstić information content (AvgIpc) is 2.45. The number of thiocarbonyl (C=S) groups is 1. The van der Waals surface area contributed by atoms with E-state index in [0.29, 0.717) is 10.7 Å². The van der Waals surface area contributed by atoms with Crippen molar-refractivity contribution >= 4 is 45.2 Å². The molecule has 0 saturated carbocycles. The Labute approximate surface area is 137 Å². The third-order valence-electron chi connectivity index (χ3n) is 2.67. The Morgan fingerprint density at radius 2 is 1.95 bits per heavy atom. The first kappa shape index (κ1) is 15.5. The summed E-state index contributed by atoms with van der Waals surface area (Å²) in [7, 11) is 0. The maximum absolute atomic E-state index is 9.67. The van der Waals surface area contributed by atoms with Crippen LogP contribution in [0.4, 0.5) is 5.69 Å². The van der Waals surface area contributed by atoms with Crippen molar-refractivity contribution in [2.45, 2.75) is 6.92 Å². The van der Waals surface area contributed by atoms with Gasteiger partial charge in [0.2, 0.25) is 0 Å². The van der Waals surface area contributed by atoms with Crippen molar-refractivity contribution in [3.63, 3.8) is 0 Å². The molecule has 3 N–H and O–H groups in total. The van der Waals surface area contributed by atoms with Gasteiger partial charge in [-0.25, -0.2) is 0 Å². The Balaban J connectivity index is 1.93. The Morgan fingerprint density at radius 3 is 2.67 bits per heavy atom. The van der Waals surface area contributed by atoms with Gasteiger partial charge >= 0.3 is 0 Å². The monoisotopic (exact) mass is 363 g/mol. The molecule has 0 aliphatic rings. The molecule has 0 amide bonds. The largest absolute Gasteiger partial charge is 0.507 e. The molecule has 0 saturated heterocycles. The summed E-state index contributed by atoms with van der Waals surface area (Å²) in [4.78, 5) is 0. The number of rotatable bonds is 3. The molecule has 0 aliphatic carbocycles. The second-order valence-corrected chi connectivity index (χ2v) is 5.72. The van der Waals surface area contributed by atoms with Gasteiger partial charge in [0.05, 0.1) is 6.21 Å². The van der Waals surface area contributed by atoms with Gasteiger partial charge in [-0.05, 0) is 49.5 Å². The van der Waals surface area contributed by atoms with Gasteiger partial charge in [0.15, 0.2) is 5.11 Å². The zero-order valence-electron chi connectivity index (χ0n) is 11.3. The molecule has 0 fully saturated rings. The molecule has 0 unspecified atom stereocenters. The van der Waals surface area contributed by atoms with Crippen LogP contribution in [0.25, 0.3) is 0 Å². The normalized spacial score (nSPS) is 10.6. The molecule has 2 aromatic carbocycles. The fourth-order valence-electron chi connectivity index (χ4n) is 1.59. The number of aryl methyl sites for hydroxylation is 1. The molecule has 0 aliphatic heterocycles. The maximum atomic E-state index is 9.67. The fourth-order valence-corrected chi connectivity index (χ4v) is 2.13. The predicted molar refractivity (Wildman–Crippen MR) is 93.9 cm³/mol. The molecule has 21 heavy (non-hydrogen) atoms. The highest BCUT2D eigenvalue weighted by atomic mass is 79.9. The molecule has 2 rings (SSSR count). The lowest BCUT2D eigenvalue weighted by Crippen LogP contribution is -2.23. The number of phenols is 1. The van der Waals surface area contributed by atoms with Gasteiger partial charge in [0.25, 0.3) is 0 Å². The first-order valence-corrected chi connectivity index (χ1v) is 7.40. The molecule has 0 aromatic heterocycles. The van der Waals surface area contributed by atoms with Crippen LogP contribution in [-0.2, 0) is 0 Å². The molecule has 0 radical (unpaired) electrons. The lowest BCUT2D eigenvalue weighted by atomic mass is 10.2. The van der Waals surface area contributed by atoms with E-state index < -0.39 is 0 Å². The number of hydrogen-bond acceptors (Lipinski definition) is 3. The first-order valence-electron chi connectivity index (χ1n) is 6.20. The molecule has 0 atom stereocenters. The van der Waals surface area contributed by atoms with E-state index in [-0.39, 0.29) is 5.75 Å². The van der Waals surface area contributed by atoms with Crippen LogP contribution in [-0.4, -0.2) is 16.4 Å².